The SMILES string of the molecule is CN(CC1CCCOC1)c1cc(Cl)nc(C(F)(F)F)n1. The third kappa shape index (κ3) is 3.96. The lowest BCUT2D eigenvalue weighted by molar-refractivity contribution is -0.144. The van der Waals surface area contributed by atoms with Gasteiger partial charge in [0, 0.05) is 26.3 Å². The maximum absolute atomic E-state index is 12.6. The van der Waals surface area contributed by atoms with Gasteiger partial charge in [-0.25, -0.2) is 9.97 Å². The van der Waals surface area contributed by atoms with E-state index in [2.05, 4.69) is 9.97 Å². The molecule has 112 valence electrons. The second-order valence-electron chi connectivity index (χ2n) is 4.83. The van der Waals surface area contributed by atoms with Gasteiger partial charge in [-0.2, -0.15) is 13.2 Å². The van der Waals surface area contributed by atoms with Gasteiger partial charge in [-0.3, -0.25) is 0 Å². The Morgan fingerprint density at radius 3 is 2.80 bits per heavy atom. The number of nitrogens with zero attached hydrogens (tertiary/aromatic N) is 3. The van der Waals surface area contributed by atoms with Crippen molar-refractivity contribution in [1.82, 2.24) is 9.97 Å². The van der Waals surface area contributed by atoms with Crippen molar-refractivity contribution in [3.8, 4) is 0 Å². The van der Waals surface area contributed by atoms with E-state index in [1.165, 1.54) is 6.07 Å². The first-order chi connectivity index (χ1) is 9.36. The van der Waals surface area contributed by atoms with E-state index < -0.39 is 12.0 Å². The fourth-order valence-corrected chi connectivity index (χ4v) is 2.34. The Morgan fingerprint density at radius 1 is 1.45 bits per heavy atom. The van der Waals surface area contributed by atoms with E-state index >= 15 is 0 Å². The van der Waals surface area contributed by atoms with Gasteiger partial charge >= 0.3 is 6.18 Å². The molecule has 2 rings (SSSR count). The number of hydrogen-bond acceptors (Lipinski definition) is 4. The topological polar surface area (TPSA) is 38.2 Å². The zero-order valence-electron chi connectivity index (χ0n) is 11.0. The Hall–Kier alpha value is -1.08. The number of halogens is 4. The number of hydrogen-bond donors (Lipinski definition) is 0. The maximum atomic E-state index is 12.6. The second kappa shape index (κ2) is 6.13. The van der Waals surface area contributed by atoms with Gasteiger partial charge in [0.05, 0.1) is 6.61 Å². The van der Waals surface area contributed by atoms with E-state index in [0.29, 0.717) is 13.2 Å². The van der Waals surface area contributed by atoms with Crippen LogP contribution >= 0.6 is 11.6 Å². The first-order valence-electron chi connectivity index (χ1n) is 6.27. The summed E-state index contributed by atoms with van der Waals surface area (Å²) in [5.74, 6) is -0.758. The second-order valence-corrected chi connectivity index (χ2v) is 5.22. The molecule has 2 heterocycles. The molecule has 4 nitrogen and oxygen atoms in total. The molecule has 1 atom stereocenters. The largest absolute Gasteiger partial charge is 0.451 e. The van der Waals surface area contributed by atoms with Crippen LogP contribution in [0.2, 0.25) is 5.15 Å². The molecule has 0 spiro atoms. The molecule has 0 aromatic carbocycles. The van der Waals surface area contributed by atoms with E-state index in [9.17, 15) is 13.2 Å². The van der Waals surface area contributed by atoms with Gasteiger partial charge in [-0.1, -0.05) is 11.6 Å². The molecule has 0 bridgehead atoms. The molecule has 0 aliphatic carbocycles. The van der Waals surface area contributed by atoms with E-state index in [1.807, 2.05) is 0 Å². The van der Waals surface area contributed by atoms with Gasteiger partial charge in [0.25, 0.3) is 0 Å². The van der Waals surface area contributed by atoms with Crippen LogP contribution in [-0.4, -0.2) is 36.8 Å². The molecule has 0 radical (unpaired) electrons. The fourth-order valence-electron chi connectivity index (χ4n) is 2.16. The molecule has 1 saturated heterocycles. The molecule has 0 amide bonds. The Labute approximate surface area is 119 Å². The molecule has 0 N–H and O–H groups in total. The molecule has 1 aliphatic rings. The number of alkyl halides is 3. The van der Waals surface area contributed by atoms with Crippen LogP contribution in [0.3, 0.4) is 0 Å². The van der Waals surface area contributed by atoms with Crippen LogP contribution in [0.15, 0.2) is 6.07 Å². The zero-order chi connectivity index (χ0) is 14.8. The van der Waals surface area contributed by atoms with Gasteiger partial charge in [0.2, 0.25) is 5.82 Å². The highest BCUT2D eigenvalue weighted by Crippen LogP contribution is 2.29. The Bertz CT molecular complexity index is 464. The lowest BCUT2D eigenvalue weighted by Crippen LogP contribution is -2.31. The minimum atomic E-state index is -4.60. The summed E-state index contributed by atoms with van der Waals surface area (Å²) in [6.07, 6.45) is -2.64. The molecule has 1 aromatic rings. The average Bonchev–Trinajstić information content (AvgIpc) is 2.38. The van der Waals surface area contributed by atoms with Crippen molar-refractivity contribution in [3.63, 3.8) is 0 Å². The lowest BCUT2D eigenvalue weighted by Gasteiger charge is -2.28. The molecule has 1 aromatic heterocycles. The van der Waals surface area contributed by atoms with E-state index in [4.69, 9.17) is 16.3 Å². The van der Waals surface area contributed by atoms with E-state index in [-0.39, 0.29) is 16.9 Å². The minimum absolute atomic E-state index is 0.169. The molecule has 1 fully saturated rings. The summed E-state index contributed by atoms with van der Waals surface area (Å²) in [5.41, 5.74) is 0. The van der Waals surface area contributed by atoms with Crippen molar-refractivity contribution in [2.75, 3.05) is 31.7 Å². The monoisotopic (exact) mass is 309 g/mol. The van der Waals surface area contributed by atoms with Crippen LogP contribution in [-0.2, 0) is 10.9 Å². The summed E-state index contributed by atoms with van der Waals surface area (Å²) in [6, 6.07) is 1.33. The predicted molar refractivity (Wildman–Crippen MR) is 68.9 cm³/mol. The van der Waals surface area contributed by atoms with Crippen LogP contribution in [0.5, 0.6) is 0 Å². The highest BCUT2D eigenvalue weighted by molar-refractivity contribution is 6.29. The van der Waals surface area contributed by atoms with Gasteiger partial charge in [-0.15, -0.1) is 0 Å². The zero-order valence-corrected chi connectivity index (χ0v) is 11.7. The predicted octanol–water partition coefficient (Wildman–Crippen LogP) is 3.01. The molecule has 0 saturated carbocycles. The maximum Gasteiger partial charge on any atom is 0.451 e. The molecular weight excluding hydrogens is 295 g/mol. The summed E-state index contributed by atoms with van der Waals surface area (Å²) in [7, 11) is 1.69. The van der Waals surface area contributed by atoms with Crippen molar-refractivity contribution < 1.29 is 17.9 Å². The quantitative estimate of drug-likeness (QED) is 0.805. The minimum Gasteiger partial charge on any atom is -0.381 e. The molecule has 1 unspecified atom stereocenters. The van der Waals surface area contributed by atoms with Gasteiger partial charge in [0.1, 0.15) is 11.0 Å². The first-order valence-corrected chi connectivity index (χ1v) is 6.64. The Morgan fingerprint density at radius 2 is 2.20 bits per heavy atom. The van der Waals surface area contributed by atoms with Gasteiger partial charge in [-0.05, 0) is 18.8 Å². The fraction of sp³-hybridized carbons (Fsp3) is 0.667. The molecule has 8 heteroatoms. The summed E-state index contributed by atoms with van der Waals surface area (Å²) in [6.45, 7) is 1.94. The van der Waals surface area contributed by atoms with Crippen molar-refractivity contribution in [2.24, 2.45) is 5.92 Å². The summed E-state index contributed by atoms with van der Waals surface area (Å²) in [5, 5.41) is -0.214. The number of rotatable bonds is 3. The van der Waals surface area contributed by atoms with Crippen molar-refractivity contribution >= 4 is 17.4 Å². The molecule has 1 aliphatic heterocycles. The van der Waals surface area contributed by atoms with Crippen LogP contribution < -0.4 is 4.90 Å². The van der Waals surface area contributed by atoms with Gasteiger partial charge in [0.15, 0.2) is 0 Å². The Balaban J connectivity index is 2.12. The van der Waals surface area contributed by atoms with Crippen LogP contribution in [0, 0.1) is 5.92 Å². The van der Waals surface area contributed by atoms with Gasteiger partial charge < -0.3 is 9.64 Å². The smallest absolute Gasteiger partial charge is 0.381 e. The lowest BCUT2D eigenvalue weighted by atomic mass is 10.0. The third-order valence-corrected chi connectivity index (χ3v) is 3.31. The van der Waals surface area contributed by atoms with Crippen molar-refractivity contribution in [3.05, 3.63) is 17.0 Å². The number of anilines is 1. The standard InChI is InChI=1S/C12H15ClF3N3O/c1-19(6-8-3-2-4-20-7-8)10-5-9(13)17-11(18-10)12(14,15)16/h5,8H,2-4,6-7H2,1H3. The number of ether oxygens (including phenoxy) is 1. The summed E-state index contributed by atoms with van der Waals surface area (Å²) >= 11 is 5.64. The van der Waals surface area contributed by atoms with Crippen LogP contribution in [0.1, 0.15) is 18.7 Å². The molecule has 20 heavy (non-hydrogen) atoms. The van der Waals surface area contributed by atoms with E-state index in [1.54, 1.807) is 11.9 Å². The highest BCUT2D eigenvalue weighted by atomic mass is 35.5. The summed E-state index contributed by atoms with van der Waals surface area (Å²) in [4.78, 5) is 8.40. The highest BCUT2D eigenvalue weighted by Gasteiger charge is 2.35. The normalized spacial score (nSPS) is 19.9. The van der Waals surface area contributed by atoms with Crippen LogP contribution in [0.4, 0.5) is 19.0 Å². The molecular formula is C12H15ClF3N3O. The van der Waals surface area contributed by atoms with Crippen molar-refractivity contribution in [2.45, 2.75) is 19.0 Å². The third-order valence-electron chi connectivity index (χ3n) is 3.11. The summed E-state index contributed by atoms with van der Waals surface area (Å²) < 4.78 is 43.3. The number of aromatic nitrogens is 2. The van der Waals surface area contributed by atoms with E-state index in [0.717, 1.165) is 19.4 Å². The average molecular weight is 310 g/mol. The Kier molecular flexibility index (Phi) is 4.70. The van der Waals surface area contributed by atoms with Crippen molar-refractivity contribution in [1.29, 1.82) is 0 Å². The van der Waals surface area contributed by atoms with Crippen LogP contribution in [0.25, 0.3) is 0 Å². The first kappa shape index (κ1) is 15.3.